The molecule has 184 valence electrons. The summed E-state index contributed by atoms with van der Waals surface area (Å²) >= 11 is 0. The van der Waals surface area contributed by atoms with Gasteiger partial charge in [0.1, 0.15) is 17.2 Å². The monoisotopic (exact) mass is 485 g/mol. The standard InChI is InChI=1S/C25H25F2N3O5/c1-11-12(2)25-7-17(25)35-18-10-29-9-15(23(32)28-8-13-4-5-14(26)6-16(13)27)20(31)21(34-3)19(29)24(33)30(18)22(11)25/h4-6,9,11-12,17-18,22H,7-8,10H2,1-3H3,(H,28,32)/t11-,12?,17?,18?,22-,25?/m0/s1. The lowest BCUT2D eigenvalue weighted by atomic mass is 9.57. The van der Waals surface area contributed by atoms with Crippen LogP contribution in [0.2, 0.25) is 0 Å². The topological polar surface area (TPSA) is 89.9 Å². The zero-order valence-electron chi connectivity index (χ0n) is 19.5. The van der Waals surface area contributed by atoms with Crippen LogP contribution in [-0.2, 0) is 17.8 Å². The van der Waals surface area contributed by atoms with Gasteiger partial charge in [-0.1, -0.05) is 19.9 Å². The van der Waals surface area contributed by atoms with Gasteiger partial charge in [-0.05, 0) is 24.3 Å². The summed E-state index contributed by atoms with van der Waals surface area (Å²) in [6, 6.07) is 3.08. The molecule has 1 saturated heterocycles. The Labute approximate surface area is 199 Å². The van der Waals surface area contributed by atoms with Gasteiger partial charge in [-0.25, -0.2) is 8.78 Å². The first-order valence-electron chi connectivity index (χ1n) is 11.7. The molecule has 3 fully saturated rings. The molecule has 0 bridgehead atoms. The number of hydrogen-bond donors (Lipinski definition) is 1. The molecule has 2 aliphatic heterocycles. The van der Waals surface area contributed by atoms with Crippen LogP contribution in [0.4, 0.5) is 8.78 Å². The van der Waals surface area contributed by atoms with Crippen LogP contribution in [-0.4, -0.2) is 46.8 Å². The molecule has 2 aromatic rings. The van der Waals surface area contributed by atoms with E-state index in [9.17, 15) is 23.2 Å². The fourth-order valence-corrected chi connectivity index (χ4v) is 6.55. The number of hydrogen-bond acceptors (Lipinski definition) is 5. The van der Waals surface area contributed by atoms with Gasteiger partial charge in [0, 0.05) is 35.8 Å². The molecule has 2 saturated carbocycles. The molecule has 4 aliphatic rings. The van der Waals surface area contributed by atoms with Crippen molar-refractivity contribution in [2.75, 3.05) is 7.11 Å². The maximum absolute atomic E-state index is 13.9. The predicted molar refractivity (Wildman–Crippen MR) is 119 cm³/mol. The summed E-state index contributed by atoms with van der Waals surface area (Å²) < 4.78 is 40.2. The van der Waals surface area contributed by atoms with Crippen LogP contribution in [0.25, 0.3) is 0 Å². The van der Waals surface area contributed by atoms with Crippen LogP contribution in [0.1, 0.15) is 46.7 Å². The van der Waals surface area contributed by atoms with Crippen molar-refractivity contribution in [1.82, 2.24) is 14.8 Å². The summed E-state index contributed by atoms with van der Waals surface area (Å²) in [4.78, 5) is 41.5. The molecule has 3 heterocycles. The van der Waals surface area contributed by atoms with Crippen molar-refractivity contribution in [2.24, 2.45) is 17.3 Å². The fraction of sp³-hybridized carbons (Fsp3) is 0.480. The van der Waals surface area contributed by atoms with E-state index in [1.54, 1.807) is 9.47 Å². The third-order valence-corrected chi connectivity index (χ3v) is 8.53. The van der Waals surface area contributed by atoms with Gasteiger partial charge >= 0.3 is 0 Å². The number of methoxy groups -OCH3 is 1. The van der Waals surface area contributed by atoms with E-state index >= 15 is 0 Å². The number of halogens is 2. The van der Waals surface area contributed by atoms with E-state index in [0.29, 0.717) is 11.8 Å². The molecule has 35 heavy (non-hydrogen) atoms. The number of nitrogens with one attached hydrogen (secondary N) is 1. The zero-order valence-corrected chi connectivity index (χ0v) is 19.5. The molecular weight excluding hydrogens is 460 g/mol. The minimum atomic E-state index is -0.805. The van der Waals surface area contributed by atoms with Gasteiger partial charge in [-0.3, -0.25) is 14.4 Å². The Bertz CT molecular complexity index is 1340. The molecular formula is C25H25F2N3O5. The molecule has 10 heteroatoms. The van der Waals surface area contributed by atoms with Gasteiger partial charge in [0.15, 0.2) is 17.7 Å². The molecule has 6 atom stereocenters. The Morgan fingerprint density at radius 2 is 2.06 bits per heavy atom. The number of aromatic nitrogens is 1. The average molecular weight is 485 g/mol. The first kappa shape index (κ1) is 22.2. The highest BCUT2D eigenvalue weighted by molar-refractivity contribution is 5.99. The van der Waals surface area contributed by atoms with E-state index < -0.39 is 29.2 Å². The number of carbonyl (C=O) groups excluding carboxylic acids is 2. The molecule has 2 amide bonds. The molecule has 2 aliphatic carbocycles. The molecule has 0 radical (unpaired) electrons. The van der Waals surface area contributed by atoms with Crippen molar-refractivity contribution >= 4 is 11.8 Å². The maximum Gasteiger partial charge on any atom is 0.276 e. The molecule has 1 aromatic carbocycles. The van der Waals surface area contributed by atoms with Crippen LogP contribution >= 0.6 is 0 Å². The number of benzene rings is 1. The maximum atomic E-state index is 13.9. The molecule has 6 rings (SSSR count). The van der Waals surface area contributed by atoms with Crippen molar-refractivity contribution in [2.45, 2.75) is 51.7 Å². The largest absolute Gasteiger partial charge is 0.491 e. The van der Waals surface area contributed by atoms with E-state index in [1.165, 1.54) is 19.4 Å². The lowest BCUT2D eigenvalue weighted by molar-refractivity contribution is -0.210. The normalized spacial score (nSPS) is 32.0. The van der Waals surface area contributed by atoms with Crippen molar-refractivity contribution < 1.29 is 27.8 Å². The third-order valence-electron chi connectivity index (χ3n) is 8.53. The summed E-state index contributed by atoms with van der Waals surface area (Å²) in [6.07, 6.45) is 1.87. The molecule has 8 nitrogen and oxygen atoms in total. The minimum Gasteiger partial charge on any atom is -0.491 e. The van der Waals surface area contributed by atoms with E-state index in [4.69, 9.17) is 9.47 Å². The number of nitrogens with zero attached hydrogens (tertiary/aromatic N) is 2. The van der Waals surface area contributed by atoms with Crippen LogP contribution in [0, 0.1) is 28.9 Å². The second kappa shape index (κ2) is 7.36. The smallest absolute Gasteiger partial charge is 0.276 e. The minimum absolute atomic E-state index is 0.00324. The molecule has 1 aromatic heterocycles. The number of carbonyl (C=O) groups is 2. The molecule has 1 N–H and O–H groups in total. The van der Waals surface area contributed by atoms with Crippen molar-refractivity contribution in [3.05, 3.63) is 63.1 Å². The number of amides is 2. The van der Waals surface area contributed by atoms with Gasteiger partial charge in [0.05, 0.1) is 19.8 Å². The number of pyridine rings is 1. The van der Waals surface area contributed by atoms with Gasteiger partial charge in [-0.2, -0.15) is 0 Å². The highest BCUT2D eigenvalue weighted by Gasteiger charge is 2.77. The number of ether oxygens (including phenoxy) is 2. The first-order chi connectivity index (χ1) is 16.7. The number of rotatable bonds is 4. The van der Waals surface area contributed by atoms with Gasteiger partial charge < -0.3 is 24.3 Å². The Balaban J connectivity index is 1.32. The van der Waals surface area contributed by atoms with Crippen LogP contribution < -0.4 is 15.5 Å². The second-order valence-corrected chi connectivity index (χ2v) is 10.0. The Morgan fingerprint density at radius 1 is 1.29 bits per heavy atom. The van der Waals surface area contributed by atoms with Crippen molar-refractivity contribution in [3.8, 4) is 5.75 Å². The average Bonchev–Trinajstić information content (AvgIpc) is 3.58. The van der Waals surface area contributed by atoms with Crippen LogP contribution in [0.15, 0.2) is 29.2 Å². The fourth-order valence-electron chi connectivity index (χ4n) is 6.55. The Kier molecular flexibility index (Phi) is 4.67. The zero-order chi connectivity index (χ0) is 24.8. The van der Waals surface area contributed by atoms with Crippen LogP contribution in [0.5, 0.6) is 5.75 Å². The van der Waals surface area contributed by atoms with E-state index in [0.717, 1.165) is 18.6 Å². The van der Waals surface area contributed by atoms with Gasteiger partial charge in [0.2, 0.25) is 5.43 Å². The van der Waals surface area contributed by atoms with Gasteiger partial charge in [0.25, 0.3) is 11.8 Å². The quantitative estimate of drug-likeness (QED) is 0.718. The highest BCUT2D eigenvalue weighted by atomic mass is 19.1. The summed E-state index contributed by atoms with van der Waals surface area (Å²) in [5.41, 5.74) is -0.801. The van der Waals surface area contributed by atoms with E-state index in [1.807, 2.05) is 0 Å². The van der Waals surface area contributed by atoms with Crippen LogP contribution in [0.3, 0.4) is 0 Å². The third kappa shape index (κ3) is 2.89. The van der Waals surface area contributed by atoms with Crippen molar-refractivity contribution in [3.63, 3.8) is 0 Å². The Hall–Kier alpha value is -3.27. The lowest BCUT2D eigenvalue weighted by Crippen LogP contribution is -2.70. The summed E-state index contributed by atoms with van der Waals surface area (Å²) in [6.45, 7) is 4.35. The summed E-state index contributed by atoms with van der Waals surface area (Å²) in [5.74, 6) is -2.07. The first-order valence-corrected chi connectivity index (χ1v) is 11.7. The van der Waals surface area contributed by atoms with E-state index in [2.05, 4.69) is 19.2 Å². The SMILES string of the molecule is COc1c2n(cc(C(=O)NCc3ccc(F)cc3F)c1=O)CC1OC3CC34C(C)[C@H](C)[C@@H]4N1C2=O. The molecule has 1 spiro atoms. The predicted octanol–water partition coefficient (Wildman–Crippen LogP) is 2.29. The summed E-state index contributed by atoms with van der Waals surface area (Å²) in [5, 5.41) is 2.49. The lowest BCUT2D eigenvalue weighted by Gasteiger charge is -2.60. The second-order valence-electron chi connectivity index (χ2n) is 10.0. The highest BCUT2D eigenvalue weighted by Crippen LogP contribution is 2.72. The number of fused-ring (bicyclic) bond motifs is 3. The van der Waals surface area contributed by atoms with Crippen molar-refractivity contribution in [1.29, 1.82) is 0 Å². The van der Waals surface area contributed by atoms with E-state index in [-0.39, 0.29) is 59.1 Å². The Morgan fingerprint density at radius 3 is 2.77 bits per heavy atom. The molecule has 4 unspecified atom stereocenters. The van der Waals surface area contributed by atoms with Gasteiger partial charge in [-0.15, -0.1) is 0 Å². The summed E-state index contributed by atoms with van der Waals surface area (Å²) in [7, 11) is 1.28.